The zero-order valence-electron chi connectivity index (χ0n) is 17.8. The highest BCUT2D eigenvalue weighted by Gasteiger charge is 2.23. The van der Waals surface area contributed by atoms with Crippen LogP contribution in [0.2, 0.25) is 0 Å². The highest BCUT2D eigenvalue weighted by Crippen LogP contribution is 2.36. The van der Waals surface area contributed by atoms with Gasteiger partial charge in [-0.15, -0.1) is 10.2 Å². The molecule has 0 fully saturated rings. The van der Waals surface area contributed by atoms with Crippen molar-refractivity contribution in [3.8, 4) is 11.6 Å². The molecule has 3 N–H and O–H groups in total. The Hall–Kier alpha value is -4.18. The van der Waals surface area contributed by atoms with Crippen molar-refractivity contribution in [2.24, 2.45) is 10.2 Å². The summed E-state index contributed by atoms with van der Waals surface area (Å²) in [5.74, 6) is -0.233. The molecule has 4 aromatic rings. The number of nitrogen functional groups attached to an aromatic ring is 1. The van der Waals surface area contributed by atoms with Crippen LogP contribution < -0.4 is 10.0 Å². The molecule has 0 radical (unpaired) electrons. The Kier molecular flexibility index (Phi) is 6.09. The fraction of sp³-hybridized carbons (Fsp3) is 0.0870. The van der Waals surface area contributed by atoms with Crippen molar-refractivity contribution in [1.82, 2.24) is 9.78 Å². The van der Waals surface area contributed by atoms with Gasteiger partial charge in [-0.25, -0.2) is 8.42 Å². The molecule has 33 heavy (non-hydrogen) atoms. The number of para-hydroxylation sites is 2. The smallest absolute Gasteiger partial charge is 0.264 e. The van der Waals surface area contributed by atoms with Gasteiger partial charge < -0.3 is 10.8 Å². The summed E-state index contributed by atoms with van der Waals surface area (Å²) in [4.78, 5) is 0.131. The highest BCUT2D eigenvalue weighted by molar-refractivity contribution is 7.92. The van der Waals surface area contributed by atoms with Crippen LogP contribution in [0.3, 0.4) is 0 Å². The van der Waals surface area contributed by atoms with Gasteiger partial charge in [-0.05, 0) is 55.5 Å². The van der Waals surface area contributed by atoms with Crippen LogP contribution in [-0.2, 0) is 10.0 Å². The minimum absolute atomic E-state index is 0.0146. The van der Waals surface area contributed by atoms with E-state index in [9.17, 15) is 13.5 Å². The average Bonchev–Trinajstić information content (AvgIpc) is 3.12. The number of nitrogens with two attached hydrogens (primary N) is 1. The molecule has 3 aromatic carbocycles. The van der Waals surface area contributed by atoms with Gasteiger partial charge in [0.1, 0.15) is 0 Å². The minimum atomic E-state index is -3.74. The van der Waals surface area contributed by atoms with Crippen molar-refractivity contribution < 1.29 is 13.5 Å². The van der Waals surface area contributed by atoms with E-state index in [1.807, 2.05) is 12.1 Å². The van der Waals surface area contributed by atoms with Crippen LogP contribution >= 0.6 is 0 Å². The molecule has 0 aliphatic rings. The molecule has 0 unspecified atom stereocenters. The summed E-state index contributed by atoms with van der Waals surface area (Å²) in [6.45, 7) is 2.07. The number of rotatable bonds is 7. The van der Waals surface area contributed by atoms with Crippen molar-refractivity contribution >= 4 is 32.9 Å². The molecule has 0 atom stereocenters. The lowest BCUT2D eigenvalue weighted by Crippen LogP contribution is -2.30. The predicted octanol–water partition coefficient (Wildman–Crippen LogP) is 4.79. The van der Waals surface area contributed by atoms with E-state index in [4.69, 9.17) is 5.73 Å². The molecular formula is C23H22N6O3S. The number of azo groups is 1. The van der Waals surface area contributed by atoms with Crippen molar-refractivity contribution in [2.75, 3.05) is 16.6 Å². The van der Waals surface area contributed by atoms with Gasteiger partial charge in [0.15, 0.2) is 11.5 Å². The van der Waals surface area contributed by atoms with Gasteiger partial charge >= 0.3 is 0 Å². The molecule has 0 saturated heterocycles. The maximum absolute atomic E-state index is 13.1. The topological polar surface area (TPSA) is 126 Å². The summed E-state index contributed by atoms with van der Waals surface area (Å²) >= 11 is 0. The SMILES string of the molecule is CCN(c1ccccc1)S(=O)(=O)c1ccc(/N=N/c2c(N)nn(-c3ccccc3)c2O)cc1. The van der Waals surface area contributed by atoms with Gasteiger partial charge in [-0.1, -0.05) is 36.4 Å². The number of hydrogen-bond donors (Lipinski definition) is 2. The fourth-order valence-corrected chi connectivity index (χ4v) is 4.74. The van der Waals surface area contributed by atoms with Gasteiger partial charge in [-0.3, -0.25) is 4.31 Å². The number of aromatic nitrogens is 2. The molecule has 4 rings (SSSR count). The molecule has 1 aromatic heterocycles. The third-order valence-corrected chi connectivity index (χ3v) is 6.80. The molecule has 0 bridgehead atoms. The third-order valence-electron chi connectivity index (χ3n) is 4.89. The molecular weight excluding hydrogens is 440 g/mol. The number of hydrogen-bond acceptors (Lipinski definition) is 7. The Balaban J connectivity index is 1.58. The van der Waals surface area contributed by atoms with Crippen LogP contribution in [-0.4, -0.2) is 29.8 Å². The fourth-order valence-electron chi connectivity index (χ4n) is 3.27. The third kappa shape index (κ3) is 4.41. The van der Waals surface area contributed by atoms with E-state index >= 15 is 0 Å². The Morgan fingerprint density at radius 1 is 0.939 bits per heavy atom. The summed E-state index contributed by atoms with van der Waals surface area (Å²) < 4.78 is 28.8. The van der Waals surface area contributed by atoms with Crippen molar-refractivity contribution in [1.29, 1.82) is 0 Å². The van der Waals surface area contributed by atoms with Crippen LogP contribution in [0.25, 0.3) is 5.69 Å². The number of sulfonamides is 1. The normalized spacial score (nSPS) is 11.7. The first-order valence-corrected chi connectivity index (χ1v) is 11.6. The number of benzene rings is 3. The number of aromatic hydroxyl groups is 1. The zero-order valence-corrected chi connectivity index (χ0v) is 18.6. The van der Waals surface area contributed by atoms with E-state index in [1.165, 1.54) is 33.3 Å². The largest absolute Gasteiger partial charge is 0.492 e. The van der Waals surface area contributed by atoms with E-state index < -0.39 is 10.0 Å². The van der Waals surface area contributed by atoms with E-state index in [0.717, 1.165) is 0 Å². The van der Waals surface area contributed by atoms with Crippen LogP contribution in [0.15, 0.2) is 100 Å². The standard InChI is InChI=1S/C23H22N6O3S/c1-2-28(18-9-5-3-6-10-18)33(31,32)20-15-13-17(14-16-20)25-26-21-22(24)27-29(23(21)30)19-11-7-4-8-12-19/h3-16,30H,2H2,1H3,(H2,24,27)/b26-25+. The first-order valence-electron chi connectivity index (χ1n) is 10.1. The first kappa shape index (κ1) is 22.0. The van der Waals surface area contributed by atoms with Gasteiger partial charge in [0.25, 0.3) is 10.0 Å². The number of nitrogens with zero attached hydrogens (tertiary/aromatic N) is 5. The molecule has 1 heterocycles. The Bertz CT molecular complexity index is 1370. The van der Waals surface area contributed by atoms with E-state index in [0.29, 0.717) is 17.1 Å². The first-order chi connectivity index (χ1) is 15.9. The maximum atomic E-state index is 13.1. The van der Waals surface area contributed by atoms with Crippen molar-refractivity contribution in [3.63, 3.8) is 0 Å². The van der Waals surface area contributed by atoms with Crippen LogP contribution in [0.1, 0.15) is 6.92 Å². The van der Waals surface area contributed by atoms with Crippen LogP contribution in [0.4, 0.5) is 22.9 Å². The Morgan fingerprint density at radius 3 is 2.15 bits per heavy atom. The van der Waals surface area contributed by atoms with Gasteiger partial charge in [-0.2, -0.15) is 9.80 Å². The summed E-state index contributed by atoms with van der Waals surface area (Å²) in [6.07, 6.45) is 0. The van der Waals surface area contributed by atoms with E-state index in [-0.39, 0.29) is 28.8 Å². The molecule has 0 spiro atoms. The van der Waals surface area contributed by atoms with Gasteiger partial charge in [0.2, 0.25) is 5.88 Å². The average molecular weight is 463 g/mol. The molecule has 0 aliphatic carbocycles. The highest BCUT2D eigenvalue weighted by atomic mass is 32.2. The molecule has 0 aliphatic heterocycles. The monoisotopic (exact) mass is 462 g/mol. The summed E-state index contributed by atoms with van der Waals surface area (Å²) in [7, 11) is -3.74. The molecule has 9 nitrogen and oxygen atoms in total. The maximum Gasteiger partial charge on any atom is 0.264 e. The second-order valence-corrected chi connectivity index (χ2v) is 8.87. The van der Waals surface area contributed by atoms with Crippen molar-refractivity contribution in [2.45, 2.75) is 11.8 Å². The lowest BCUT2D eigenvalue weighted by molar-refractivity contribution is 0.434. The van der Waals surface area contributed by atoms with Crippen molar-refractivity contribution in [3.05, 3.63) is 84.9 Å². The Labute approximate surface area is 191 Å². The van der Waals surface area contributed by atoms with Gasteiger partial charge in [0, 0.05) is 6.54 Å². The predicted molar refractivity (Wildman–Crippen MR) is 127 cm³/mol. The lowest BCUT2D eigenvalue weighted by atomic mass is 10.3. The van der Waals surface area contributed by atoms with E-state index in [1.54, 1.807) is 55.5 Å². The molecule has 0 saturated carbocycles. The summed E-state index contributed by atoms with van der Waals surface area (Å²) in [6, 6.07) is 23.9. The second kappa shape index (κ2) is 9.13. The van der Waals surface area contributed by atoms with Crippen LogP contribution in [0, 0.1) is 0 Å². The minimum Gasteiger partial charge on any atom is -0.492 e. The Morgan fingerprint density at radius 2 is 1.55 bits per heavy atom. The second-order valence-electron chi connectivity index (χ2n) is 7.00. The molecule has 168 valence electrons. The summed E-state index contributed by atoms with van der Waals surface area (Å²) in [5, 5.41) is 22.7. The molecule has 0 amide bonds. The van der Waals surface area contributed by atoms with Crippen LogP contribution in [0.5, 0.6) is 5.88 Å². The van der Waals surface area contributed by atoms with Gasteiger partial charge in [0.05, 0.1) is 22.0 Å². The summed E-state index contributed by atoms with van der Waals surface area (Å²) in [5.41, 5.74) is 7.52. The van der Waals surface area contributed by atoms with E-state index in [2.05, 4.69) is 15.3 Å². The quantitative estimate of drug-likeness (QED) is 0.382. The zero-order chi connectivity index (χ0) is 23.4. The number of anilines is 2. The lowest BCUT2D eigenvalue weighted by Gasteiger charge is -2.22. The molecule has 10 heteroatoms.